The predicted molar refractivity (Wildman–Crippen MR) is 106 cm³/mol. The van der Waals surface area contributed by atoms with Crippen molar-refractivity contribution in [3.05, 3.63) is 60.4 Å². The van der Waals surface area contributed by atoms with Crippen molar-refractivity contribution in [2.45, 2.75) is 13.3 Å². The summed E-state index contributed by atoms with van der Waals surface area (Å²) in [7, 11) is 0. The molecular weight excluding hydrogens is 354 g/mol. The van der Waals surface area contributed by atoms with Crippen LogP contribution in [-0.2, 0) is 4.79 Å². The van der Waals surface area contributed by atoms with E-state index in [2.05, 4.69) is 4.98 Å². The van der Waals surface area contributed by atoms with Crippen LogP contribution in [0, 0.1) is 11.8 Å². The van der Waals surface area contributed by atoms with E-state index in [1.807, 2.05) is 43.3 Å². The first-order chi connectivity index (χ1) is 13.5. The molecular formula is C22H21N3O3. The van der Waals surface area contributed by atoms with Crippen LogP contribution in [0.1, 0.15) is 23.7 Å². The summed E-state index contributed by atoms with van der Waals surface area (Å²) in [6, 6.07) is 13.1. The van der Waals surface area contributed by atoms with Crippen LogP contribution >= 0.6 is 0 Å². The molecule has 1 aliphatic rings. The third-order valence-electron chi connectivity index (χ3n) is 5.22. The molecule has 1 N–H and O–H groups in total. The van der Waals surface area contributed by atoms with Crippen molar-refractivity contribution >= 4 is 22.8 Å². The van der Waals surface area contributed by atoms with E-state index in [1.54, 1.807) is 23.4 Å². The van der Waals surface area contributed by atoms with Crippen molar-refractivity contribution in [1.29, 1.82) is 0 Å². The van der Waals surface area contributed by atoms with Gasteiger partial charge in [0.2, 0.25) is 0 Å². The minimum Gasteiger partial charge on any atom is -0.481 e. The standard InChI is InChI=1S/C22H21N3O3/c1-14-10-16(22(27)28)13-25(12-14)21(26)18-11-20(15-6-8-23-9-7-15)24-19-5-3-2-4-17(18)19/h2-9,11,14,16H,10,12-13H2,1H3,(H,27,28). The van der Waals surface area contributed by atoms with Crippen molar-refractivity contribution in [2.24, 2.45) is 11.8 Å². The zero-order valence-electron chi connectivity index (χ0n) is 15.6. The molecule has 1 amide bonds. The number of aliphatic carboxylic acids is 1. The Morgan fingerprint density at radius 3 is 2.61 bits per heavy atom. The van der Waals surface area contributed by atoms with Crippen LogP contribution in [0.2, 0.25) is 0 Å². The molecule has 1 aromatic carbocycles. The number of carbonyl (C=O) groups is 2. The van der Waals surface area contributed by atoms with Crippen LogP contribution in [0.5, 0.6) is 0 Å². The third kappa shape index (κ3) is 3.45. The lowest BCUT2D eigenvalue weighted by molar-refractivity contribution is -0.143. The molecule has 3 heterocycles. The van der Waals surface area contributed by atoms with Gasteiger partial charge in [-0.15, -0.1) is 0 Å². The highest BCUT2D eigenvalue weighted by molar-refractivity contribution is 6.07. The van der Waals surface area contributed by atoms with Crippen molar-refractivity contribution < 1.29 is 14.7 Å². The summed E-state index contributed by atoms with van der Waals surface area (Å²) >= 11 is 0. The first-order valence-electron chi connectivity index (χ1n) is 9.35. The zero-order valence-corrected chi connectivity index (χ0v) is 15.6. The van der Waals surface area contributed by atoms with E-state index in [-0.39, 0.29) is 18.4 Å². The molecule has 0 saturated carbocycles. The van der Waals surface area contributed by atoms with Crippen LogP contribution < -0.4 is 0 Å². The fourth-order valence-electron chi connectivity index (χ4n) is 3.89. The maximum atomic E-state index is 13.4. The molecule has 1 aliphatic heterocycles. The number of fused-ring (bicyclic) bond motifs is 1. The quantitative estimate of drug-likeness (QED) is 0.758. The summed E-state index contributed by atoms with van der Waals surface area (Å²) < 4.78 is 0. The Bertz CT molecular complexity index is 1040. The Labute approximate surface area is 162 Å². The van der Waals surface area contributed by atoms with Crippen molar-refractivity contribution in [2.75, 3.05) is 13.1 Å². The van der Waals surface area contributed by atoms with E-state index in [0.29, 0.717) is 24.2 Å². The van der Waals surface area contributed by atoms with Gasteiger partial charge in [0.1, 0.15) is 0 Å². The number of piperidine rings is 1. The van der Waals surface area contributed by atoms with Gasteiger partial charge in [-0.05, 0) is 36.6 Å². The Morgan fingerprint density at radius 2 is 1.86 bits per heavy atom. The number of carboxylic acid groups (broad SMARTS) is 1. The Balaban J connectivity index is 1.78. The highest BCUT2D eigenvalue weighted by atomic mass is 16.4. The van der Waals surface area contributed by atoms with E-state index in [1.165, 1.54) is 0 Å². The number of carbonyl (C=O) groups excluding carboxylic acids is 1. The number of likely N-dealkylation sites (tertiary alicyclic amines) is 1. The molecule has 0 bridgehead atoms. The third-order valence-corrected chi connectivity index (χ3v) is 5.22. The van der Waals surface area contributed by atoms with E-state index in [9.17, 15) is 14.7 Å². The topological polar surface area (TPSA) is 83.4 Å². The number of carboxylic acids is 1. The summed E-state index contributed by atoms with van der Waals surface area (Å²) in [5.74, 6) is -1.37. The Kier molecular flexibility index (Phi) is 4.77. The molecule has 0 spiro atoms. The number of para-hydroxylation sites is 1. The fourth-order valence-corrected chi connectivity index (χ4v) is 3.89. The van der Waals surface area contributed by atoms with E-state index in [4.69, 9.17) is 4.98 Å². The van der Waals surface area contributed by atoms with E-state index >= 15 is 0 Å². The minimum absolute atomic E-state index is 0.145. The molecule has 0 aliphatic carbocycles. The maximum Gasteiger partial charge on any atom is 0.308 e. The minimum atomic E-state index is -0.846. The van der Waals surface area contributed by atoms with Gasteiger partial charge in [-0.2, -0.15) is 0 Å². The highest BCUT2D eigenvalue weighted by Gasteiger charge is 2.33. The number of rotatable bonds is 3. The first-order valence-corrected chi connectivity index (χ1v) is 9.35. The lowest BCUT2D eigenvalue weighted by atomic mass is 9.90. The van der Waals surface area contributed by atoms with Crippen LogP contribution in [0.4, 0.5) is 0 Å². The molecule has 1 saturated heterocycles. The lowest BCUT2D eigenvalue weighted by Gasteiger charge is -2.35. The van der Waals surface area contributed by atoms with Gasteiger partial charge >= 0.3 is 5.97 Å². The molecule has 0 radical (unpaired) electrons. The molecule has 6 nitrogen and oxygen atoms in total. The molecule has 142 valence electrons. The number of hydrogen-bond acceptors (Lipinski definition) is 4. The van der Waals surface area contributed by atoms with Crippen molar-refractivity contribution in [3.63, 3.8) is 0 Å². The fraction of sp³-hybridized carbons (Fsp3) is 0.273. The second kappa shape index (κ2) is 7.38. The monoisotopic (exact) mass is 375 g/mol. The molecule has 1 fully saturated rings. The Morgan fingerprint density at radius 1 is 1.11 bits per heavy atom. The number of pyridine rings is 2. The highest BCUT2D eigenvalue weighted by Crippen LogP contribution is 2.28. The average Bonchev–Trinajstić information content (AvgIpc) is 2.72. The van der Waals surface area contributed by atoms with E-state index < -0.39 is 11.9 Å². The normalized spacial score (nSPS) is 19.5. The van der Waals surface area contributed by atoms with Gasteiger partial charge in [0.15, 0.2) is 0 Å². The summed E-state index contributed by atoms with van der Waals surface area (Å²) in [6.07, 6.45) is 3.98. The molecule has 4 rings (SSSR count). The van der Waals surface area contributed by atoms with E-state index in [0.717, 1.165) is 16.5 Å². The maximum absolute atomic E-state index is 13.4. The van der Waals surface area contributed by atoms with Gasteiger partial charge in [0, 0.05) is 36.4 Å². The van der Waals surface area contributed by atoms with Crippen LogP contribution in [0.3, 0.4) is 0 Å². The van der Waals surface area contributed by atoms with Crippen LogP contribution in [0.25, 0.3) is 22.2 Å². The first kappa shape index (κ1) is 18.1. The largest absolute Gasteiger partial charge is 0.481 e. The average molecular weight is 375 g/mol. The summed E-state index contributed by atoms with van der Waals surface area (Å²) in [5.41, 5.74) is 2.87. The van der Waals surface area contributed by atoms with Crippen molar-refractivity contribution in [1.82, 2.24) is 14.9 Å². The number of benzene rings is 1. The Hall–Kier alpha value is -3.28. The van der Waals surface area contributed by atoms with Crippen LogP contribution in [-0.4, -0.2) is 44.9 Å². The van der Waals surface area contributed by atoms with Gasteiger partial charge in [-0.3, -0.25) is 14.6 Å². The molecule has 2 aromatic heterocycles. The predicted octanol–water partition coefficient (Wildman–Crippen LogP) is 3.48. The smallest absolute Gasteiger partial charge is 0.308 e. The lowest BCUT2D eigenvalue weighted by Crippen LogP contribution is -2.45. The summed E-state index contributed by atoms with van der Waals surface area (Å²) in [6.45, 7) is 2.78. The molecule has 3 aromatic rings. The van der Waals surface area contributed by atoms with Crippen LogP contribution in [0.15, 0.2) is 54.9 Å². The second-order valence-corrected chi connectivity index (χ2v) is 7.39. The summed E-state index contributed by atoms with van der Waals surface area (Å²) in [5, 5.41) is 10.2. The van der Waals surface area contributed by atoms with Gasteiger partial charge < -0.3 is 10.0 Å². The van der Waals surface area contributed by atoms with Gasteiger partial charge in [-0.25, -0.2) is 4.98 Å². The summed E-state index contributed by atoms with van der Waals surface area (Å²) in [4.78, 5) is 35.3. The molecule has 6 heteroatoms. The zero-order chi connectivity index (χ0) is 19.7. The van der Waals surface area contributed by atoms with Gasteiger partial charge in [-0.1, -0.05) is 25.1 Å². The molecule has 2 unspecified atom stereocenters. The van der Waals surface area contributed by atoms with Gasteiger partial charge in [0.25, 0.3) is 5.91 Å². The molecule has 28 heavy (non-hydrogen) atoms. The number of nitrogens with zero attached hydrogens (tertiary/aromatic N) is 3. The van der Waals surface area contributed by atoms with Crippen molar-refractivity contribution in [3.8, 4) is 11.3 Å². The van der Waals surface area contributed by atoms with Gasteiger partial charge in [0.05, 0.1) is 22.7 Å². The molecule has 2 atom stereocenters. The second-order valence-electron chi connectivity index (χ2n) is 7.39. The number of hydrogen-bond donors (Lipinski definition) is 1. The number of aromatic nitrogens is 2. The number of amides is 1. The SMILES string of the molecule is CC1CC(C(=O)O)CN(C(=O)c2cc(-c3ccncc3)nc3ccccc23)C1.